The van der Waals surface area contributed by atoms with Gasteiger partial charge in [0.15, 0.2) is 0 Å². The Balaban J connectivity index is 1.85. The maximum atomic E-state index is 12.1. The van der Waals surface area contributed by atoms with E-state index < -0.39 is 0 Å². The molecule has 108 valence electrons. The molecule has 4 nitrogen and oxygen atoms in total. The molecule has 0 aliphatic heterocycles. The zero-order valence-electron chi connectivity index (χ0n) is 11.6. The lowest BCUT2D eigenvalue weighted by Crippen LogP contribution is -2.35. The van der Waals surface area contributed by atoms with E-state index in [4.69, 9.17) is 0 Å². The molecule has 1 N–H and O–H groups in total. The summed E-state index contributed by atoms with van der Waals surface area (Å²) in [6, 6.07) is 7.85. The minimum Gasteiger partial charge on any atom is -0.469 e. The van der Waals surface area contributed by atoms with Gasteiger partial charge in [-0.15, -0.1) is 0 Å². The van der Waals surface area contributed by atoms with E-state index in [1.807, 2.05) is 25.1 Å². The molecule has 20 heavy (non-hydrogen) atoms. The summed E-state index contributed by atoms with van der Waals surface area (Å²) in [7, 11) is 1.35. The molecule has 5 heteroatoms. The molecule has 1 saturated carbocycles. The quantitative estimate of drug-likeness (QED) is 0.839. The average molecular weight is 340 g/mol. The fourth-order valence-corrected chi connectivity index (χ4v) is 2.74. The molecule has 0 radical (unpaired) electrons. The van der Waals surface area contributed by atoms with Crippen molar-refractivity contribution in [1.82, 2.24) is 5.32 Å². The van der Waals surface area contributed by atoms with Gasteiger partial charge in [0.05, 0.1) is 13.5 Å². The molecule has 1 aliphatic rings. The number of hydrogen-bond acceptors (Lipinski definition) is 3. The van der Waals surface area contributed by atoms with E-state index in [0.717, 1.165) is 10.9 Å². The van der Waals surface area contributed by atoms with E-state index in [1.165, 1.54) is 12.7 Å². The Morgan fingerprint density at radius 1 is 1.50 bits per heavy atom. The van der Waals surface area contributed by atoms with E-state index >= 15 is 0 Å². The van der Waals surface area contributed by atoms with Gasteiger partial charge in [-0.05, 0) is 37.0 Å². The molecular formula is C15H18BrNO3. The minimum atomic E-state index is -0.308. The minimum absolute atomic E-state index is 0.0180. The van der Waals surface area contributed by atoms with E-state index in [1.54, 1.807) is 0 Å². The van der Waals surface area contributed by atoms with Crippen molar-refractivity contribution in [1.29, 1.82) is 0 Å². The number of esters is 1. The maximum Gasteiger partial charge on any atom is 0.307 e. The SMILES string of the molecule is COC(=O)CC(C)NC(=O)C1CC1c1cccc(Br)c1. The molecule has 1 aliphatic carbocycles. The third-order valence-electron chi connectivity index (χ3n) is 3.49. The molecule has 2 rings (SSSR count). The van der Waals surface area contributed by atoms with Crippen molar-refractivity contribution < 1.29 is 14.3 Å². The van der Waals surface area contributed by atoms with Crippen LogP contribution in [0.15, 0.2) is 28.7 Å². The number of amides is 1. The molecular weight excluding hydrogens is 322 g/mol. The summed E-state index contributed by atoms with van der Waals surface area (Å²) >= 11 is 3.44. The number of methoxy groups -OCH3 is 1. The van der Waals surface area contributed by atoms with Crippen LogP contribution in [-0.4, -0.2) is 25.0 Å². The first kappa shape index (κ1) is 15.0. The van der Waals surface area contributed by atoms with Gasteiger partial charge in [-0.3, -0.25) is 9.59 Å². The molecule has 3 unspecified atom stereocenters. The highest BCUT2D eigenvalue weighted by molar-refractivity contribution is 9.10. The Morgan fingerprint density at radius 3 is 2.90 bits per heavy atom. The van der Waals surface area contributed by atoms with Gasteiger partial charge >= 0.3 is 5.97 Å². The topological polar surface area (TPSA) is 55.4 Å². The van der Waals surface area contributed by atoms with E-state index in [2.05, 4.69) is 32.0 Å². The number of hydrogen-bond donors (Lipinski definition) is 1. The zero-order valence-corrected chi connectivity index (χ0v) is 13.1. The van der Waals surface area contributed by atoms with E-state index in [0.29, 0.717) is 0 Å². The monoisotopic (exact) mass is 339 g/mol. The number of benzene rings is 1. The maximum absolute atomic E-state index is 12.1. The lowest BCUT2D eigenvalue weighted by atomic mass is 10.1. The highest BCUT2D eigenvalue weighted by atomic mass is 79.9. The van der Waals surface area contributed by atoms with Gasteiger partial charge in [0.25, 0.3) is 0 Å². The molecule has 0 spiro atoms. The number of carbonyl (C=O) groups is 2. The standard InChI is InChI=1S/C15H18BrNO3/c1-9(6-14(18)20-2)17-15(19)13-8-12(13)10-4-3-5-11(16)7-10/h3-5,7,9,12-13H,6,8H2,1-2H3,(H,17,19). The van der Waals surface area contributed by atoms with Crippen LogP contribution < -0.4 is 5.32 Å². The van der Waals surface area contributed by atoms with Gasteiger partial charge in [-0.2, -0.15) is 0 Å². The summed E-state index contributed by atoms with van der Waals surface area (Å²) in [5, 5.41) is 2.87. The van der Waals surface area contributed by atoms with Crippen molar-refractivity contribution in [2.24, 2.45) is 5.92 Å². The lowest BCUT2D eigenvalue weighted by Gasteiger charge is -2.12. The van der Waals surface area contributed by atoms with Gasteiger partial charge in [0.1, 0.15) is 0 Å². The third-order valence-corrected chi connectivity index (χ3v) is 3.99. The van der Waals surface area contributed by atoms with Crippen molar-refractivity contribution in [3.05, 3.63) is 34.3 Å². The Morgan fingerprint density at radius 2 is 2.25 bits per heavy atom. The third kappa shape index (κ3) is 3.82. The Bertz CT molecular complexity index is 518. The van der Waals surface area contributed by atoms with Gasteiger partial charge in [-0.25, -0.2) is 0 Å². The van der Waals surface area contributed by atoms with Crippen LogP contribution in [0.5, 0.6) is 0 Å². The van der Waals surface area contributed by atoms with Gasteiger partial charge in [0.2, 0.25) is 5.91 Å². The molecule has 1 aromatic carbocycles. The molecule has 0 bridgehead atoms. The van der Waals surface area contributed by atoms with Crippen LogP contribution >= 0.6 is 15.9 Å². The van der Waals surface area contributed by atoms with Crippen molar-refractivity contribution in [2.45, 2.75) is 31.7 Å². The van der Waals surface area contributed by atoms with Gasteiger partial charge < -0.3 is 10.1 Å². The molecule has 3 atom stereocenters. The summed E-state index contributed by atoms with van der Waals surface area (Å²) in [4.78, 5) is 23.2. The number of ether oxygens (including phenoxy) is 1. The van der Waals surface area contributed by atoms with Crippen LogP contribution in [0, 0.1) is 5.92 Å². The molecule has 1 amide bonds. The first-order valence-electron chi connectivity index (χ1n) is 6.64. The molecule has 1 aromatic rings. The van der Waals surface area contributed by atoms with Crippen LogP contribution in [0.1, 0.15) is 31.2 Å². The van der Waals surface area contributed by atoms with Gasteiger partial charge in [0, 0.05) is 16.4 Å². The van der Waals surface area contributed by atoms with Crippen molar-refractivity contribution >= 4 is 27.8 Å². The average Bonchev–Trinajstić information content (AvgIpc) is 3.18. The van der Waals surface area contributed by atoms with Crippen molar-refractivity contribution in [3.8, 4) is 0 Å². The van der Waals surface area contributed by atoms with Crippen molar-refractivity contribution in [2.75, 3.05) is 7.11 Å². The summed E-state index contributed by atoms with van der Waals surface area (Å²) in [5.41, 5.74) is 1.18. The Labute approximate surface area is 127 Å². The predicted molar refractivity (Wildman–Crippen MR) is 79.2 cm³/mol. The largest absolute Gasteiger partial charge is 0.469 e. The summed E-state index contributed by atoms with van der Waals surface area (Å²) in [6.07, 6.45) is 1.07. The van der Waals surface area contributed by atoms with Crippen LogP contribution in [0.25, 0.3) is 0 Å². The summed E-state index contributed by atoms with van der Waals surface area (Å²) in [6.45, 7) is 1.81. The summed E-state index contributed by atoms with van der Waals surface area (Å²) in [5.74, 6) is 0.0192. The second kappa shape index (κ2) is 6.39. The van der Waals surface area contributed by atoms with Crippen LogP contribution in [0.2, 0.25) is 0 Å². The van der Waals surface area contributed by atoms with E-state index in [9.17, 15) is 9.59 Å². The number of nitrogens with one attached hydrogen (secondary N) is 1. The Kier molecular flexibility index (Phi) is 4.81. The first-order valence-corrected chi connectivity index (χ1v) is 7.43. The van der Waals surface area contributed by atoms with Crippen LogP contribution in [-0.2, 0) is 14.3 Å². The highest BCUT2D eigenvalue weighted by Crippen LogP contribution is 2.48. The smallest absolute Gasteiger partial charge is 0.307 e. The zero-order chi connectivity index (χ0) is 14.7. The summed E-state index contributed by atoms with van der Waals surface area (Å²) < 4.78 is 5.61. The second-order valence-electron chi connectivity index (χ2n) is 5.19. The van der Waals surface area contributed by atoms with E-state index in [-0.39, 0.29) is 36.2 Å². The van der Waals surface area contributed by atoms with Crippen LogP contribution in [0.4, 0.5) is 0 Å². The van der Waals surface area contributed by atoms with Gasteiger partial charge in [-0.1, -0.05) is 28.1 Å². The molecule has 0 heterocycles. The molecule has 0 saturated heterocycles. The Hall–Kier alpha value is -1.36. The van der Waals surface area contributed by atoms with Crippen molar-refractivity contribution in [3.63, 3.8) is 0 Å². The molecule has 0 aromatic heterocycles. The fourth-order valence-electron chi connectivity index (χ4n) is 2.32. The highest BCUT2D eigenvalue weighted by Gasteiger charge is 2.44. The second-order valence-corrected chi connectivity index (χ2v) is 6.11. The number of halogens is 1. The molecule has 1 fully saturated rings. The first-order chi connectivity index (χ1) is 9.51. The number of rotatable bonds is 5. The fraction of sp³-hybridized carbons (Fsp3) is 0.467. The number of carbonyl (C=O) groups excluding carboxylic acids is 2. The van der Waals surface area contributed by atoms with Crippen LogP contribution in [0.3, 0.4) is 0 Å². The lowest BCUT2D eigenvalue weighted by molar-refractivity contribution is -0.141. The predicted octanol–water partition coefficient (Wildman–Crippen LogP) is 2.62. The normalized spacial score (nSPS) is 21.9.